The number of ether oxygens (including phenoxy) is 2. The number of hydrogen-bond acceptors (Lipinski definition) is 8. The SMILES string of the molecule is Cc1ccc(S(=O)(=O)N(C)C[C@@H]2OCc3cn(nn3)CCCC(=O)OC[C@H](C)NC[C@@H]2C)cc1. The van der Waals surface area contributed by atoms with E-state index in [0.29, 0.717) is 31.6 Å². The molecule has 3 atom stereocenters. The van der Waals surface area contributed by atoms with Gasteiger partial charge in [-0.1, -0.05) is 29.8 Å². The van der Waals surface area contributed by atoms with Gasteiger partial charge in [0.1, 0.15) is 12.3 Å². The highest BCUT2D eigenvalue weighted by molar-refractivity contribution is 7.89. The first-order valence-electron chi connectivity index (χ1n) is 11.6. The van der Waals surface area contributed by atoms with E-state index < -0.39 is 16.1 Å². The summed E-state index contributed by atoms with van der Waals surface area (Å²) in [7, 11) is -2.10. The molecule has 2 aromatic rings. The van der Waals surface area contributed by atoms with E-state index in [9.17, 15) is 13.2 Å². The zero-order chi connectivity index (χ0) is 24.7. The minimum atomic E-state index is -3.67. The Morgan fingerprint density at radius 3 is 2.71 bits per heavy atom. The van der Waals surface area contributed by atoms with Crippen LogP contribution in [0.2, 0.25) is 0 Å². The summed E-state index contributed by atoms with van der Waals surface area (Å²) < 4.78 is 40.8. The number of likely N-dealkylation sites (N-methyl/N-ethyl adjacent to an activating group) is 1. The van der Waals surface area contributed by atoms with Crippen LogP contribution < -0.4 is 5.32 Å². The maximum Gasteiger partial charge on any atom is 0.305 e. The van der Waals surface area contributed by atoms with Gasteiger partial charge in [-0.3, -0.25) is 9.48 Å². The molecular formula is C23H35N5O5S. The summed E-state index contributed by atoms with van der Waals surface area (Å²) in [5.41, 5.74) is 1.65. The van der Waals surface area contributed by atoms with Crippen molar-refractivity contribution >= 4 is 16.0 Å². The van der Waals surface area contributed by atoms with E-state index in [0.717, 1.165) is 5.56 Å². The first kappa shape index (κ1) is 26.3. The summed E-state index contributed by atoms with van der Waals surface area (Å²) in [5, 5.41) is 11.6. The number of nitrogens with one attached hydrogen (secondary N) is 1. The van der Waals surface area contributed by atoms with Crippen LogP contribution in [0.15, 0.2) is 35.4 Å². The molecule has 1 N–H and O–H groups in total. The lowest BCUT2D eigenvalue weighted by atomic mass is 10.0. The maximum atomic E-state index is 13.1. The summed E-state index contributed by atoms with van der Waals surface area (Å²) in [6, 6.07) is 6.77. The third kappa shape index (κ3) is 7.33. The summed E-state index contributed by atoms with van der Waals surface area (Å²) >= 11 is 0. The average Bonchev–Trinajstić information content (AvgIpc) is 3.26. The topological polar surface area (TPSA) is 116 Å². The fourth-order valence-corrected chi connectivity index (χ4v) is 4.78. The molecule has 10 nitrogen and oxygen atoms in total. The summed E-state index contributed by atoms with van der Waals surface area (Å²) in [4.78, 5) is 12.2. The number of aryl methyl sites for hydroxylation is 2. The number of sulfonamides is 1. The number of hydrogen-bond donors (Lipinski definition) is 1. The normalized spacial score (nSPS) is 23.6. The lowest BCUT2D eigenvalue weighted by Crippen LogP contribution is -2.43. The molecule has 0 amide bonds. The summed E-state index contributed by atoms with van der Waals surface area (Å²) in [6.45, 7) is 7.64. The number of carbonyl (C=O) groups excluding carboxylic acids is 1. The molecule has 2 heterocycles. The predicted molar refractivity (Wildman–Crippen MR) is 126 cm³/mol. The average molecular weight is 494 g/mol. The van der Waals surface area contributed by atoms with Gasteiger partial charge in [-0.15, -0.1) is 5.10 Å². The molecule has 0 spiro atoms. The molecule has 0 unspecified atom stereocenters. The van der Waals surface area contributed by atoms with E-state index in [-0.39, 0.29) is 42.6 Å². The van der Waals surface area contributed by atoms with Crippen LogP contribution in [0, 0.1) is 12.8 Å². The molecule has 1 aliphatic heterocycles. The molecule has 0 radical (unpaired) electrons. The van der Waals surface area contributed by atoms with Crippen molar-refractivity contribution in [3.8, 4) is 0 Å². The number of cyclic esters (lactones) is 1. The molecule has 0 fully saturated rings. The van der Waals surface area contributed by atoms with Gasteiger partial charge in [-0.05, 0) is 38.3 Å². The number of benzene rings is 1. The van der Waals surface area contributed by atoms with Gasteiger partial charge in [0.2, 0.25) is 10.0 Å². The van der Waals surface area contributed by atoms with Crippen molar-refractivity contribution in [1.29, 1.82) is 0 Å². The van der Waals surface area contributed by atoms with Crippen LogP contribution >= 0.6 is 0 Å². The molecular weight excluding hydrogens is 458 g/mol. The molecule has 0 saturated carbocycles. The Bertz CT molecular complexity index is 1040. The smallest absolute Gasteiger partial charge is 0.305 e. The second kappa shape index (κ2) is 11.9. The standard InChI is InChI=1S/C23H35N5O5S/c1-17-7-9-21(10-8-17)34(30,31)27(4)14-22-18(2)12-24-19(3)15-33-23(29)6-5-11-28-13-20(16-32-22)25-26-28/h7-10,13,18-19,22,24H,5-6,11-12,14-16H2,1-4H3/t18-,19-,22-/m0/s1. The number of rotatable bonds is 4. The molecule has 0 aliphatic carbocycles. The minimum absolute atomic E-state index is 0.0308. The fraction of sp³-hybridized carbons (Fsp3) is 0.609. The monoisotopic (exact) mass is 493 g/mol. The van der Waals surface area contributed by atoms with E-state index in [1.54, 1.807) is 42.2 Å². The highest BCUT2D eigenvalue weighted by Gasteiger charge is 2.28. The molecule has 11 heteroatoms. The molecule has 1 aromatic heterocycles. The van der Waals surface area contributed by atoms with Crippen LogP contribution in [-0.2, 0) is 37.4 Å². The number of carbonyl (C=O) groups is 1. The number of aromatic nitrogens is 3. The minimum Gasteiger partial charge on any atom is -0.464 e. The highest BCUT2D eigenvalue weighted by Crippen LogP contribution is 2.19. The Morgan fingerprint density at radius 1 is 1.24 bits per heavy atom. The largest absolute Gasteiger partial charge is 0.464 e. The molecule has 188 valence electrons. The van der Waals surface area contributed by atoms with Crippen molar-refractivity contribution in [2.75, 3.05) is 26.7 Å². The van der Waals surface area contributed by atoms with Gasteiger partial charge in [0.25, 0.3) is 0 Å². The van der Waals surface area contributed by atoms with E-state index in [1.165, 1.54) is 4.31 Å². The molecule has 3 rings (SSSR count). The number of fused-ring (bicyclic) bond motifs is 2. The number of esters is 1. The fourth-order valence-electron chi connectivity index (χ4n) is 3.60. The molecule has 1 aliphatic rings. The lowest BCUT2D eigenvalue weighted by Gasteiger charge is -2.29. The quantitative estimate of drug-likeness (QED) is 0.641. The van der Waals surface area contributed by atoms with Crippen LogP contribution in [0.3, 0.4) is 0 Å². The first-order chi connectivity index (χ1) is 16.1. The summed E-state index contributed by atoms with van der Waals surface area (Å²) in [5.74, 6) is -0.268. The van der Waals surface area contributed by atoms with Crippen molar-refractivity contribution in [3.05, 3.63) is 41.7 Å². The third-order valence-electron chi connectivity index (χ3n) is 5.88. The van der Waals surface area contributed by atoms with Crippen molar-refractivity contribution in [2.45, 2.75) is 63.8 Å². The predicted octanol–water partition coefficient (Wildman–Crippen LogP) is 1.74. The van der Waals surface area contributed by atoms with Gasteiger partial charge in [0.15, 0.2) is 0 Å². The van der Waals surface area contributed by atoms with Crippen LogP contribution in [0.5, 0.6) is 0 Å². The lowest BCUT2D eigenvalue weighted by molar-refractivity contribution is -0.144. The van der Waals surface area contributed by atoms with Crippen LogP contribution in [0.4, 0.5) is 0 Å². The maximum absolute atomic E-state index is 13.1. The highest BCUT2D eigenvalue weighted by atomic mass is 32.2. The van der Waals surface area contributed by atoms with Gasteiger partial charge in [-0.2, -0.15) is 4.31 Å². The zero-order valence-corrected chi connectivity index (χ0v) is 21.1. The second-order valence-corrected chi connectivity index (χ2v) is 11.0. The van der Waals surface area contributed by atoms with E-state index in [2.05, 4.69) is 15.6 Å². The Labute approximate surface area is 201 Å². The van der Waals surface area contributed by atoms with Gasteiger partial charge in [0.05, 0.1) is 23.8 Å². The van der Waals surface area contributed by atoms with Crippen molar-refractivity contribution in [3.63, 3.8) is 0 Å². The molecule has 0 saturated heterocycles. The molecule has 34 heavy (non-hydrogen) atoms. The van der Waals surface area contributed by atoms with Crippen LogP contribution in [0.25, 0.3) is 0 Å². The second-order valence-electron chi connectivity index (χ2n) is 8.99. The van der Waals surface area contributed by atoms with E-state index in [4.69, 9.17) is 9.47 Å². The third-order valence-corrected chi connectivity index (χ3v) is 7.72. The van der Waals surface area contributed by atoms with Gasteiger partial charge < -0.3 is 14.8 Å². The summed E-state index contributed by atoms with van der Waals surface area (Å²) in [6.07, 6.45) is 2.31. The Balaban J connectivity index is 1.75. The van der Waals surface area contributed by atoms with Crippen molar-refractivity contribution < 1.29 is 22.7 Å². The van der Waals surface area contributed by atoms with Gasteiger partial charge >= 0.3 is 5.97 Å². The first-order valence-corrected chi connectivity index (χ1v) is 13.0. The Kier molecular flexibility index (Phi) is 9.17. The van der Waals surface area contributed by atoms with Crippen LogP contribution in [0.1, 0.15) is 37.9 Å². The molecule has 2 bridgehead atoms. The number of nitrogens with zero attached hydrogens (tertiary/aromatic N) is 4. The van der Waals surface area contributed by atoms with Gasteiger partial charge in [0, 0.05) is 39.1 Å². The Hall–Kier alpha value is -2.34. The van der Waals surface area contributed by atoms with Crippen LogP contribution in [-0.4, -0.2) is 72.6 Å². The van der Waals surface area contributed by atoms with Crippen molar-refractivity contribution in [1.82, 2.24) is 24.6 Å². The van der Waals surface area contributed by atoms with E-state index >= 15 is 0 Å². The Morgan fingerprint density at radius 2 is 1.97 bits per heavy atom. The molecule has 1 aromatic carbocycles. The zero-order valence-electron chi connectivity index (χ0n) is 20.3. The van der Waals surface area contributed by atoms with Crippen molar-refractivity contribution in [2.24, 2.45) is 5.92 Å². The van der Waals surface area contributed by atoms with Gasteiger partial charge in [-0.25, -0.2) is 8.42 Å². The van der Waals surface area contributed by atoms with E-state index in [1.807, 2.05) is 20.8 Å².